The molecule has 0 saturated heterocycles. The van der Waals surface area contributed by atoms with E-state index in [2.05, 4.69) is 9.88 Å². The molecule has 1 N–H and O–H groups in total. The number of anilines is 1. The number of aromatic nitrogens is 1. The Morgan fingerprint density at radius 1 is 1.56 bits per heavy atom. The molecule has 0 bridgehead atoms. The molecule has 5 heteroatoms. The van der Waals surface area contributed by atoms with Crippen LogP contribution in [0.15, 0.2) is 12.1 Å². The average Bonchev–Trinajstić information content (AvgIpc) is 3.19. The number of nitrogens with zero attached hydrogens (tertiary/aromatic N) is 2. The van der Waals surface area contributed by atoms with Crippen molar-refractivity contribution in [3.63, 3.8) is 0 Å². The van der Waals surface area contributed by atoms with E-state index in [1.54, 1.807) is 13.0 Å². The molecule has 0 aliphatic heterocycles. The molecule has 1 heterocycles. The predicted octanol–water partition coefficient (Wildman–Crippen LogP) is 1.14. The van der Waals surface area contributed by atoms with Gasteiger partial charge < -0.3 is 14.7 Å². The maximum Gasteiger partial charge on any atom is 0.339 e. The van der Waals surface area contributed by atoms with E-state index in [0.717, 1.165) is 18.7 Å². The first-order valence-corrected chi connectivity index (χ1v) is 6.11. The maximum atomic E-state index is 11.5. The van der Waals surface area contributed by atoms with Gasteiger partial charge in [-0.2, -0.15) is 0 Å². The molecule has 2 rings (SSSR count). The topological polar surface area (TPSA) is 62.7 Å². The lowest BCUT2D eigenvalue weighted by Crippen LogP contribution is -2.30. The van der Waals surface area contributed by atoms with E-state index in [-0.39, 0.29) is 12.6 Å². The summed E-state index contributed by atoms with van der Waals surface area (Å²) >= 11 is 0. The highest BCUT2D eigenvalue weighted by atomic mass is 16.5. The van der Waals surface area contributed by atoms with Crippen LogP contribution in [0.25, 0.3) is 0 Å². The van der Waals surface area contributed by atoms with E-state index < -0.39 is 0 Å². The fourth-order valence-electron chi connectivity index (χ4n) is 2.01. The quantitative estimate of drug-likeness (QED) is 0.794. The summed E-state index contributed by atoms with van der Waals surface area (Å²) in [6, 6.07) is 4.02. The molecule has 1 aliphatic rings. The number of carbonyl (C=O) groups excluding carboxylic acids is 1. The number of pyridine rings is 1. The van der Waals surface area contributed by atoms with Crippen molar-refractivity contribution in [3.8, 4) is 0 Å². The first-order chi connectivity index (χ1) is 8.67. The standard InChI is InChI=1S/C13H18N2O3/c1-9-11(13(17)18-2)5-6-12(14-9)15(7-8-16)10-3-4-10/h5-6,10,16H,3-4,7-8H2,1-2H3. The number of ether oxygens (including phenoxy) is 1. The summed E-state index contributed by atoms with van der Waals surface area (Å²) in [6.07, 6.45) is 2.28. The molecular weight excluding hydrogens is 232 g/mol. The number of hydrogen-bond donors (Lipinski definition) is 1. The minimum Gasteiger partial charge on any atom is -0.465 e. The van der Waals surface area contributed by atoms with Gasteiger partial charge in [-0.15, -0.1) is 0 Å². The second-order valence-corrected chi connectivity index (χ2v) is 4.44. The molecule has 0 atom stereocenters. The number of hydrogen-bond acceptors (Lipinski definition) is 5. The van der Waals surface area contributed by atoms with E-state index in [9.17, 15) is 4.79 Å². The average molecular weight is 250 g/mol. The fourth-order valence-corrected chi connectivity index (χ4v) is 2.01. The van der Waals surface area contributed by atoms with Gasteiger partial charge in [-0.3, -0.25) is 0 Å². The Morgan fingerprint density at radius 3 is 2.78 bits per heavy atom. The van der Waals surface area contributed by atoms with Crippen LogP contribution in [0.2, 0.25) is 0 Å². The summed E-state index contributed by atoms with van der Waals surface area (Å²) < 4.78 is 4.69. The van der Waals surface area contributed by atoms with Crippen molar-refractivity contribution in [1.29, 1.82) is 0 Å². The van der Waals surface area contributed by atoms with Crippen LogP contribution < -0.4 is 4.90 Å². The van der Waals surface area contributed by atoms with Gasteiger partial charge in [-0.1, -0.05) is 0 Å². The number of rotatable bonds is 5. The first-order valence-electron chi connectivity index (χ1n) is 6.11. The lowest BCUT2D eigenvalue weighted by atomic mass is 10.2. The predicted molar refractivity (Wildman–Crippen MR) is 67.8 cm³/mol. The molecule has 5 nitrogen and oxygen atoms in total. The summed E-state index contributed by atoms with van der Waals surface area (Å²) in [4.78, 5) is 18.0. The number of carbonyl (C=O) groups is 1. The van der Waals surface area contributed by atoms with Crippen LogP contribution in [0.5, 0.6) is 0 Å². The van der Waals surface area contributed by atoms with E-state index in [1.807, 2.05) is 6.07 Å². The van der Waals surface area contributed by atoms with Crippen LogP contribution in [0.4, 0.5) is 5.82 Å². The minimum absolute atomic E-state index is 0.107. The largest absolute Gasteiger partial charge is 0.465 e. The lowest BCUT2D eigenvalue weighted by molar-refractivity contribution is 0.0599. The molecule has 1 aromatic rings. The normalized spacial score (nSPS) is 14.4. The Bertz CT molecular complexity index is 444. The highest BCUT2D eigenvalue weighted by molar-refractivity contribution is 5.90. The number of esters is 1. The molecule has 1 saturated carbocycles. The molecule has 1 aromatic heterocycles. The maximum absolute atomic E-state index is 11.5. The molecule has 0 unspecified atom stereocenters. The van der Waals surface area contributed by atoms with Crippen molar-refractivity contribution < 1.29 is 14.6 Å². The van der Waals surface area contributed by atoms with Gasteiger partial charge in [0, 0.05) is 12.6 Å². The summed E-state index contributed by atoms with van der Waals surface area (Å²) in [5, 5.41) is 9.08. The highest BCUT2D eigenvalue weighted by Crippen LogP contribution is 2.30. The summed E-state index contributed by atoms with van der Waals surface area (Å²) in [6.45, 7) is 2.48. The van der Waals surface area contributed by atoms with Gasteiger partial charge >= 0.3 is 5.97 Å². The molecule has 0 radical (unpaired) electrons. The Hall–Kier alpha value is -1.62. The number of aliphatic hydroxyl groups excluding tert-OH is 1. The van der Waals surface area contributed by atoms with E-state index in [1.165, 1.54) is 7.11 Å². The van der Waals surface area contributed by atoms with Gasteiger partial charge in [0.25, 0.3) is 0 Å². The van der Waals surface area contributed by atoms with Crippen LogP contribution in [-0.4, -0.2) is 42.4 Å². The van der Waals surface area contributed by atoms with E-state index >= 15 is 0 Å². The van der Waals surface area contributed by atoms with E-state index in [0.29, 0.717) is 23.8 Å². The van der Waals surface area contributed by atoms with Crippen molar-refractivity contribution in [2.24, 2.45) is 0 Å². The van der Waals surface area contributed by atoms with Gasteiger partial charge in [-0.25, -0.2) is 9.78 Å². The number of methoxy groups -OCH3 is 1. The summed E-state index contributed by atoms with van der Waals surface area (Å²) in [7, 11) is 1.36. The molecule has 1 fully saturated rings. The number of aryl methyl sites for hydroxylation is 1. The Balaban J connectivity index is 2.23. The third-order valence-corrected chi connectivity index (χ3v) is 3.10. The molecule has 0 amide bonds. The molecule has 0 spiro atoms. The third-order valence-electron chi connectivity index (χ3n) is 3.10. The number of aliphatic hydroxyl groups is 1. The van der Waals surface area contributed by atoms with Crippen molar-refractivity contribution in [2.75, 3.05) is 25.2 Å². The Labute approximate surface area is 106 Å². The Kier molecular flexibility index (Phi) is 3.81. The molecule has 0 aromatic carbocycles. The molecule has 98 valence electrons. The van der Waals surface area contributed by atoms with Crippen LogP contribution in [0.3, 0.4) is 0 Å². The Morgan fingerprint density at radius 2 is 2.28 bits per heavy atom. The highest BCUT2D eigenvalue weighted by Gasteiger charge is 2.29. The second-order valence-electron chi connectivity index (χ2n) is 4.44. The minimum atomic E-state index is -0.369. The molecule has 18 heavy (non-hydrogen) atoms. The van der Waals surface area contributed by atoms with E-state index in [4.69, 9.17) is 9.84 Å². The van der Waals surface area contributed by atoms with Crippen molar-refractivity contribution in [1.82, 2.24) is 4.98 Å². The molecule has 1 aliphatic carbocycles. The SMILES string of the molecule is COC(=O)c1ccc(N(CCO)C2CC2)nc1C. The zero-order valence-corrected chi connectivity index (χ0v) is 10.7. The fraction of sp³-hybridized carbons (Fsp3) is 0.538. The van der Waals surface area contributed by atoms with Crippen molar-refractivity contribution >= 4 is 11.8 Å². The van der Waals surface area contributed by atoms with Gasteiger partial charge in [0.15, 0.2) is 0 Å². The van der Waals surface area contributed by atoms with Gasteiger partial charge in [0.2, 0.25) is 0 Å². The van der Waals surface area contributed by atoms with Gasteiger partial charge in [-0.05, 0) is 31.9 Å². The zero-order chi connectivity index (χ0) is 13.1. The van der Waals surface area contributed by atoms with Crippen molar-refractivity contribution in [2.45, 2.75) is 25.8 Å². The summed E-state index contributed by atoms with van der Waals surface area (Å²) in [5.74, 6) is 0.448. The van der Waals surface area contributed by atoms with Crippen LogP contribution >= 0.6 is 0 Å². The van der Waals surface area contributed by atoms with Crippen molar-refractivity contribution in [3.05, 3.63) is 23.4 Å². The first kappa shape index (κ1) is 12.8. The zero-order valence-electron chi connectivity index (χ0n) is 10.7. The van der Waals surface area contributed by atoms with Gasteiger partial charge in [0.05, 0.1) is 25.0 Å². The summed E-state index contributed by atoms with van der Waals surface area (Å²) in [5.41, 5.74) is 1.14. The smallest absolute Gasteiger partial charge is 0.339 e. The third kappa shape index (κ3) is 2.61. The van der Waals surface area contributed by atoms with Gasteiger partial charge in [0.1, 0.15) is 5.82 Å². The van der Waals surface area contributed by atoms with Crippen LogP contribution in [0.1, 0.15) is 28.9 Å². The lowest BCUT2D eigenvalue weighted by Gasteiger charge is -2.23. The van der Waals surface area contributed by atoms with Crippen LogP contribution in [-0.2, 0) is 4.74 Å². The monoisotopic (exact) mass is 250 g/mol. The van der Waals surface area contributed by atoms with Crippen LogP contribution in [0, 0.1) is 6.92 Å². The second kappa shape index (κ2) is 5.35. The molecular formula is C13H18N2O3.